The molecule has 0 saturated carbocycles. The second-order valence-corrected chi connectivity index (χ2v) is 4.79. The highest BCUT2D eigenvalue weighted by atomic mass is 79.9. The number of hydrogen-bond donors (Lipinski definition) is 2. The van der Waals surface area contributed by atoms with Crippen LogP contribution in [0.1, 0.15) is 12.1 Å². The number of nitrogen functional groups attached to an aromatic ring is 1. The summed E-state index contributed by atoms with van der Waals surface area (Å²) >= 11 is 3.35. The molecule has 1 aliphatic rings. The van der Waals surface area contributed by atoms with E-state index in [1.807, 2.05) is 6.92 Å². The molecule has 4 N–H and O–H groups in total. The number of nitrogens with zero attached hydrogens (tertiary/aromatic N) is 2. The van der Waals surface area contributed by atoms with Gasteiger partial charge in [0, 0.05) is 23.5 Å². The van der Waals surface area contributed by atoms with Gasteiger partial charge in [-0.15, -0.1) is 0 Å². The normalized spacial score (nSPS) is 20.6. The molecule has 1 unspecified atom stereocenters. The van der Waals surface area contributed by atoms with Crippen LogP contribution in [0.2, 0.25) is 0 Å². The number of aryl methyl sites for hydroxylation is 1. The highest BCUT2D eigenvalue weighted by Gasteiger charge is 2.30. The molecule has 2 rings (SSSR count). The molecule has 0 radical (unpaired) electrons. The molecule has 1 atom stereocenters. The number of amides is 1. The summed E-state index contributed by atoms with van der Waals surface area (Å²) in [7, 11) is 0. The summed E-state index contributed by atoms with van der Waals surface area (Å²) in [5.74, 6) is 0.493. The highest BCUT2D eigenvalue weighted by Crippen LogP contribution is 2.29. The van der Waals surface area contributed by atoms with Crippen LogP contribution in [0.5, 0.6) is 0 Å². The molecule has 1 aromatic heterocycles. The van der Waals surface area contributed by atoms with Crippen LogP contribution in [0, 0.1) is 6.92 Å². The first-order valence-corrected chi connectivity index (χ1v) is 5.77. The van der Waals surface area contributed by atoms with E-state index in [1.165, 1.54) is 0 Å². The molecule has 0 spiro atoms. The lowest BCUT2D eigenvalue weighted by molar-refractivity contribution is -0.117. The van der Waals surface area contributed by atoms with Crippen LogP contribution in [0.4, 0.5) is 11.5 Å². The first kappa shape index (κ1) is 11.3. The minimum absolute atomic E-state index is 0.0200. The SMILES string of the molecule is Cc1nc(N2CC(N)CC2=O)c(N)cc1Br. The van der Waals surface area contributed by atoms with Gasteiger partial charge in [-0.25, -0.2) is 4.98 Å². The van der Waals surface area contributed by atoms with E-state index in [4.69, 9.17) is 11.5 Å². The van der Waals surface area contributed by atoms with Crippen molar-refractivity contribution >= 4 is 33.3 Å². The van der Waals surface area contributed by atoms with Gasteiger partial charge in [-0.2, -0.15) is 0 Å². The third-order valence-corrected chi connectivity index (χ3v) is 3.37. The summed E-state index contributed by atoms with van der Waals surface area (Å²) in [5.41, 5.74) is 12.9. The quantitative estimate of drug-likeness (QED) is 0.799. The summed E-state index contributed by atoms with van der Waals surface area (Å²) in [6, 6.07) is 1.63. The van der Waals surface area contributed by atoms with Crippen LogP contribution in [0.15, 0.2) is 10.5 Å². The van der Waals surface area contributed by atoms with Crippen molar-refractivity contribution in [2.75, 3.05) is 17.2 Å². The molecule has 6 heteroatoms. The Morgan fingerprint density at radius 3 is 2.88 bits per heavy atom. The molecule has 1 aliphatic heterocycles. The lowest BCUT2D eigenvalue weighted by Gasteiger charge is -2.18. The number of rotatable bonds is 1. The van der Waals surface area contributed by atoms with E-state index in [-0.39, 0.29) is 11.9 Å². The highest BCUT2D eigenvalue weighted by molar-refractivity contribution is 9.10. The predicted molar refractivity (Wildman–Crippen MR) is 66.0 cm³/mol. The molecule has 1 saturated heterocycles. The molecular formula is C10H13BrN4O. The zero-order valence-corrected chi connectivity index (χ0v) is 10.5. The smallest absolute Gasteiger partial charge is 0.229 e. The summed E-state index contributed by atoms with van der Waals surface area (Å²) < 4.78 is 0.838. The van der Waals surface area contributed by atoms with Crippen molar-refractivity contribution in [1.29, 1.82) is 0 Å². The standard InChI is InChI=1S/C10H13BrN4O/c1-5-7(11)3-8(13)10(14-5)15-4-6(12)2-9(15)16/h3,6H,2,4,12-13H2,1H3. The topological polar surface area (TPSA) is 85.2 Å². The zero-order chi connectivity index (χ0) is 11.9. The van der Waals surface area contributed by atoms with Gasteiger partial charge in [0.05, 0.1) is 11.4 Å². The van der Waals surface area contributed by atoms with Gasteiger partial charge in [0.25, 0.3) is 0 Å². The molecule has 0 aliphatic carbocycles. The molecule has 1 fully saturated rings. The maximum Gasteiger partial charge on any atom is 0.229 e. The van der Waals surface area contributed by atoms with Crippen LogP contribution in [0.25, 0.3) is 0 Å². The van der Waals surface area contributed by atoms with Crippen LogP contribution >= 0.6 is 15.9 Å². The van der Waals surface area contributed by atoms with Gasteiger partial charge in [-0.3, -0.25) is 9.69 Å². The second kappa shape index (κ2) is 4.03. The summed E-state index contributed by atoms with van der Waals surface area (Å²) in [5, 5.41) is 0. The van der Waals surface area contributed by atoms with Gasteiger partial charge in [-0.1, -0.05) is 0 Å². The number of anilines is 2. The summed E-state index contributed by atoms with van der Waals surface area (Å²) in [6.45, 7) is 2.34. The molecule has 0 bridgehead atoms. The molecule has 0 aromatic carbocycles. The fourth-order valence-electron chi connectivity index (χ4n) is 1.74. The lowest BCUT2D eigenvalue weighted by Crippen LogP contribution is -2.29. The molecule has 1 aromatic rings. The number of aromatic nitrogens is 1. The predicted octanol–water partition coefficient (Wildman–Crippen LogP) is 0.799. The van der Waals surface area contributed by atoms with Crippen molar-refractivity contribution in [3.05, 3.63) is 16.2 Å². The molecule has 16 heavy (non-hydrogen) atoms. The van der Waals surface area contributed by atoms with Gasteiger partial charge >= 0.3 is 0 Å². The van der Waals surface area contributed by atoms with Crippen LogP contribution in [0.3, 0.4) is 0 Å². The Bertz CT molecular complexity index is 449. The van der Waals surface area contributed by atoms with Crippen LogP contribution in [-0.2, 0) is 4.79 Å². The van der Waals surface area contributed by atoms with Crippen molar-refractivity contribution in [1.82, 2.24) is 4.98 Å². The molecular weight excluding hydrogens is 272 g/mol. The number of halogens is 1. The van der Waals surface area contributed by atoms with Crippen LogP contribution < -0.4 is 16.4 Å². The maximum atomic E-state index is 11.7. The average Bonchev–Trinajstić information content (AvgIpc) is 2.51. The molecule has 1 amide bonds. The number of nitrogens with two attached hydrogens (primary N) is 2. The minimum Gasteiger partial charge on any atom is -0.396 e. The van der Waals surface area contributed by atoms with Crippen molar-refractivity contribution in [3.63, 3.8) is 0 Å². The maximum absolute atomic E-state index is 11.7. The van der Waals surface area contributed by atoms with Gasteiger partial charge in [0.2, 0.25) is 5.91 Å². The molecule has 2 heterocycles. The Balaban J connectivity index is 2.41. The Morgan fingerprint density at radius 2 is 2.31 bits per heavy atom. The summed E-state index contributed by atoms with van der Waals surface area (Å²) in [4.78, 5) is 17.5. The van der Waals surface area contributed by atoms with Gasteiger partial charge in [-0.05, 0) is 28.9 Å². The first-order valence-electron chi connectivity index (χ1n) is 4.97. The third-order valence-electron chi connectivity index (χ3n) is 2.57. The Hall–Kier alpha value is -1.14. The Kier molecular flexibility index (Phi) is 2.86. The number of pyridine rings is 1. The van der Waals surface area contributed by atoms with Gasteiger partial charge in [0.1, 0.15) is 0 Å². The van der Waals surface area contributed by atoms with E-state index in [0.29, 0.717) is 24.5 Å². The largest absolute Gasteiger partial charge is 0.396 e. The van der Waals surface area contributed by atoms with Crippen molar-refractivity contribution in [2.24, 2.45) is 5.73 Å². The number of carbonyl (C=O) groups is 1. The Morgan fingerprint density at radius 1 is 1.62 bits per heavy atom. The number of carbonyl (C=O) groups excluding carboxylic acids is 1. The summed E-state index contributed by atoms with van der Waals surface area (Å²) in [6.07, 6.45) is 0.357. The average molecular weight is 285 g/mol. The molecule has 5 nitrogen and oxygen atoms in total. The molecule has 86 valence electrons. The van der Waals surface area contributed by atoms with Crippen molar-refractivity contribution in [2.45, 2.75) is 19.4 Å². The fourth-order valence-corrected chi connectivity index (χ4v) is 2.07. The monoisotopic (exact) mass is 284 g/mol. The van der Waals surface area contributed by atoms with Gasteiger partial charge in [0.15, 0.2) is 5.82 Å². The lowest BCUT2D eigenvalue weighted by atomic mass is 10.3. The Labute approximate surface area is 102 Å². The minimum atomic E-state index is -0.127. The van der Waals surface area contributed by atoms with Gasteiger partial charge < -0.3 is 11.5 Å². The van der Waals surface area contributed by atoms with E-state index < -0.39 is 0 Å². The zero-order valence-electron chi connectivity index (χ0n) is 8.90. The van der Waals surface area contributed by atoms with E-state index in [2.05, 4.69) is 20.9 Å². The third kappa shape index (κ3) is 1.90. The van der Waals surface area contributed by atoms with E-state index >= 15 is 0 Å². The first-order chi connectivity index (χ1) is 7.49. The van der Waals surface area contributed by atoms with E-state index in [9.17, 15) is 4.79 Å². The van der Waals surface area contributed by atoms with Crippen LogP contribution in [-0.4, -0.2) is 23.5 Å². The van der Waals surface area contributed by atoms with E-state index in [0.717, 1.165) is 10.2 Å². The van der Waals surface area contributed by atoms with Crippen molar-refractivity contribution < 1.29 is 4.79 Å². The van der Waals surface area contributed by atoms with E-state index in [1.54, 1.807) is 11.0 Å². The van der Waals surface area contributed by atoms with Crippen molar-refractivity contribution in [3.8, 4) is 0 Å². The fraction of sp³-hybridized carbons (Fsp3) is 0.400. The second-order valence-electron chi connectivity index (χ2n) is 3.94. The number of hydrogen-bond acceptors (Lipinski definition) is 4.